The third-order valence-corrected chi connectivity index (χ3v) is 3.37. The van der Waals surface area contributed by atoms with Crippen LogP contribution in [0.25, 0.3) is 11.0 Å². The Morgan fingerprint density at radius 1 is 1.39 bits per heavy atom. The van der Waals surface area contributed by atoms with Crippen LogP contribution in [-0.4, -0.2) is 19.5 Å². The molecule has 94 valence electrons. The first-order valence-electron chi connectivity index (χ1n) is 6.33. The minimum absolute atomic E-state index is 0.157. The van der Waals surface area contributed by atoms with Gasteiger partial charge in [-0.15, -0.1) is 0 Å². The molecule has 1 heterocycles. The van der Waals surface area contributed by atoms with E-state index in [4.69, 9.17) is 9.15 Å². The van der Waals surface area contributed by atoms with Gasteiger partial charge in [0.25, 0.3) is 0 Å². The normalized spacial score (nSPS) is 15.2. The molecule has 0 N–H and O–H groups in total. The summed E-state index contributed by atoms with van der Waals surface area (Å²) in [6.07, 6.45) is 2.90. The lowest BCUT2D eigenvalue weighted by atomic mass is 10.1. The van der Waals surface area contributed by atoms with Gasteiger partial charge in [0.2, 0.25) is 5.78 Å². The van der Waals surface area contributed by atoms with Gasteiger partial charge in [0, 0.05) is 18.4 Å². The standard InChI is InChI=1S/C15H16O3/c1-17-7-6-10-2-5-13-12(8-10)9-14(18-13)15(16)11-3-4-11/h2,5,8-9,11H,3-4,6-7H2,1H3. The maximum Gasteiger partial charge on any atom is 0.201 e. The third kappa shape index (κ3) is 2.18. The molecule has 1 saturated carbocycles. The summed E-state index contributed by atoms with van der Waals surface area (Å²) in [6.45, 7) is 0.706. The van der Waals surface area contributed by atoms with Crippen molar-refractivity contribution in [3.05, 3.63) is 35.6 Å². The van der Waals surface area contributed by atoms with E-state index in [1.807, 2.05) is 18.2 Å². The van der Waals surface area contributed by atoms with Crippen LogP contribution >= 0.6 is 0 Å². The van der Waals surface area contributed by atoms with Crippen molar-refractivity contribution >= 4 is 16.8 Å². The minimum atomic E-state index is 0.157. The van der Waals surface area contributed by atoms with E-state index in [1.165, 1.54) is 5.56 Å². The lowest BCUT2D eigenvalue weighted by Crippen LogP contribution is -1.98. The first kappa shape index (κ1) is 11.5. The molecule has 1 aromatic carbocycles. The second kappa shape index (κ2) is 4.58. The molecule has 3 heteroatoms. The van der Waals surface area contributed by atoms with Crippen LogP contribution in [0.15, 0.2) is 28.7 Å². The molecule has 0 atom stereocenters. The highest BCUT2D eigenvalue weighted by Gasteiger charge is 2.32. The molecule has 18 heavy (non-hydrogen) atoms. The summed E-state index contributed by atoms with van der Waals surface area (Å²) in [5, 5.41) is 1.01. The molecule has 0 aliphatic heterocycles. The van der Waals surface area contributed by atoms with Gasteiger partial charge >= 0.3 is 0 Å². The van der Waals surface area contributed by atoms with Crippen LogP contribution in [0.5, 0.6) is 0 Å². The van der Waals surface area contributed by atoms with E-state index in [-0.39, 0.29) is 11.7 Å². The molecule has 0 spiro atoms. The van der Waals surface area contributed by atoms with Crippen molar-refractivity contribution in [3.63, 3.8) is 0 Å². The Morgan fingerprint density at radius 3 is 2.94 bits per heavy atom. The van der Waals surface area contributed by atoms with E-state index in [0.29, 0.717) is 12.4 Å². The Kier molecular flexibility index (Phi) is 2.92. The van der Waals surface area contributed by atoms with Crippen molar-refractivity contribution in [1.29, 1.82) is 0 Å². The van der Waals surface area contributed by atoms with Crippen LogP contribution in [0.1, 0.15) is 29.0 Å². The molecule has 1 fully saturated rings. The zero-order chi connectivity index (χ0) is 12.5. The van der Waals surface area contributed by atoms with Crippen LogP contribution in [0.3, 0.4) is 0 Å². The van der Waals surface area contributed by atoms with Crippen molar-refractivity contribution in [2.45, 2.75) is 19.3 Å². The number of hydrogen-bond donors (Lipinski definition) is 0. The number of Topliss-reactive ketones (excluding diaryl/α,β-unsaturated/α-hetero) is 1. The van der Waals surface area contributed by atoms with Gasteiger partial charge in [0.1, 0.15) is 5.58 Å². The molecule has 0 unspecified atom stereocenters. The molecule has 2 aromatic rings. The summed E-state index contributed by atoms with van der Waals surface area (Å²) in [5.74, 6) is 0.875. The number of hydrogen-bond acceptors (Lipinski definition) is 3. The van der Waals surface area contributed by atoms with Crippen LogP contribution in [0.2, 0.25) is 0 Å². The van der Waals surface area contributed by atoms with Crippen LogP contribution in [0, 0.1) is 5.92 Å². The third-order valence-electron chi connectivity index (χ3n) is 3.37. The summed E-state index contributed by atoms with van der Waals surface area (Å²) in [6, 6.07) is 7.90. The van der Waals surface area contributed by atoms with Gasteiger partial charge in [0.05, 0.1) is 6.61 Å². The predicted molar refractivity (Wildman–Crippen MR) is 68.8 cm³/mol. The molecule has 3 rings (SSSR count). The fourth-order valence-electron chi connectivity index (χ4n) is 2.14. The fourth-order valence-corrected chi connectivity index (χ4v) is 2.14. The van der Waals surface area contributed by atoms with E-state index < -0.39 is 0 Å². The Bertz CT molecular complexity index is 578. The van der Waals surface area contributed by atoms with Crippen molar-refractivity contribution < 1.29 is 13.9 Å². The second-order valence-electron chi connectivity index (χ2n) is 4.86. The van der Waals surface area contributed by atoms with Crippen molar-refractivity contribution in [2.75, 3.05) is 13.7 Å². The van der Waals surface area contributed by atoms with Crippen LogP contribution < -0.4 is 0 Å². The number of carbonyl (C=O) groups excluding carboxylic acids is 1. The van der Waals surface area contributed by atoms with Crippen molar-refractivity contribution in [1.82, 2.24) is 0 Å². The monoisotopic (exact) mass is 244 g/mol. The van der Waals surface area contributed by atoms with E-state index >= 15 is 0 Å². The topological polar surface area (TPSA) is 39.4 Å². The molecule has 0 bridgehead atoms. The van der Waals surface area contributed by atoms with E-state index in [2.05, 4.69) is 6.07 Å². The molecule has 0 amide bonds. The largest absolute Gasteiger partial charge is 0.453 e. The quantitative estimate of drug-likeness (QED) is 0.758. The van der Waals surface area contributed by atoms with E-state index in [9.17, 15) is 4.79 Å². The first-order chi connectivity index (χ1) is 8.78. The number of methoxy groups -OCH3 is 1. The maximum absolute atomic E-state index is 11.9. The average Bonchev–Trinajstić information content (AvgIpc) is 3.14. The highest BCUT2D eigenvalue weighted by molar-refractivity contribution is 6.00. The Labute approximate surface area is 106 Å². The van der Waals surface area contributed by atoms with Crippen LogP contribution in [0.4, 0.5) is 0 Å². The number of benzene rings is 1. The molecule has 0 radical (unpaired) electrons. The maximum atomic E-state index is 11.9. The van der Waals surface area contributed by atoms with Crippen molar-refractivity contribution in [3.8, 4) is 0 Å². The first-order valence-corrected chi connectivity index (χ1v) is 6.33. The highest BCUT2D eigenvalue weighted by atomic mass is 16.5. The number of ether oxygens (including phenoxy) is 1. The van der Waals surface area contributed by atoms with Gasteiger partial charge in [-0.1, -0.05) is 6.07 Å². The highest BCUT2D eigenvalue weighted by Crippen LogP contribution is 2.34. The summed E-state index contributed by atoms with van der Waals surface area (Å²) >= 11 is 0. The fraction of sp³-hybridized carbons (Fsp3) is 0.400. The SMILES string of the molecule is COCCc1ccc2oc(C(=O)C3CC3)cc2c1. The van der Waals surface area contributed by atoms with E-state index in [1.54, 1.807) is 7.11 Å². The van der Waals surface area contributed by atoms with Gasteiger partial charge in [0.15, 0.2) is 5.76 Å². The van der Waals surface area contributed by atoms with Gasteiger partial charge in [-0.2, -0.15) is 0 Å². The lowest BCUT2D eigenvalue weighted by Gasteiger charge is -1.99. The molecule has 1 aromatic heterocycles. The number of fused-ring (bicyclic) bond motifs is 1. The molecule has 0 saturated heterocycles. The summed E-state index contributed by atoms with van der Waals surface area (Å²) in [5.41, 5.74) is 2.00. The van der Waals surface area contributed by atoms with Gasteiger partial charge in [-0.05, 0) is 43.0 Å². The lowest BCUT2D eigenvalue weighted by molar-refractivity contribution is 0.0942. The minimum Gasteiger partial charge on any atom is -0.453 e. The summed E-state index contributed by atoms with van der Waals surface area (Å²) < 4.78 is 10.7. The Hall–Kier alpha value is -1.61. The van der Waals surface area contributed by atoms with Gasteiger partial charge < -0.3 is 9.15 Å². The van der Waals surface area contributed by atoms with Gasteiger partial charge in [-0.3, -0.25) is 4.79 Å². The molecular formula is C15H16O3. The number of furan rings is 1. The average molecular weight is 244 g/mol. The van der Waals surface area contributed by atoms with Crippen molar-refractivity contribution in [2.24, 2.45) is 5.92 Å². The zero-order valence-corrected chi connectivity index (χ0v) is 10.4. The summed E-state index contributed by atoms with van der Waals surface area (Å²) in [7, 11) is 1.70. The molecule has 1 aliphatic rings. The number of rotatable bonds is 5. The molecule has 3 nitrogen and oxygen atoms in total. The predicted octanol–water partition coefficient (Wildman–Crippen LogP) is 3.21. The second-order valence-corrected chi connectivity index (χ2v) is 4.86. The summed E-state index contributed by atoms with van der Waals surface area (Å²) in [4.78, 5) is 11.9. The molecule has 1 aliphatic carbocycles. The van der Waals surface area contributed by atoms with Crippen LogP contribution in [-0.2, 0) is 11.2 Å². The smallest absolute Gasteiger partial charge is 0.201 e. The van der Waals surface area contributed by atoms with Gasteiger partial charge in [-0.25, -0.2) is 0 Å². The molecular weight excluding hydrogens is 228 g/mol. The Balaban J connectivity index is 1.88. The number of ketones is 1. The Morgan fingerprint density at radius 2 is 2.22 bits per heavy atom. The van der Waals surface area contributed by atoms with E-state index in [0.717, 1.165) is 30.2 Å². The zero-order valence-electron chi connectivity index (χ0n) is 10.4. The number of carbonyl (C=O) groups is 1.